The number of allylic oxidation sites excluding steroid dienone is 1. The molecule has 2 heteroatoms. The molecule has 2 fully saturated rings. The summed E-state index contributed by atoms with van der Waals surface area (Å²) in [5, 5.41) is 10.5. The van der Waals surface area contributed by atoms with Gasteiger partial charge in [0.1, 0.15) is 0 Å². The molecule has 1 N–H and O–H groups in total. The molecule has 1 spiro atoms. The van der Waals surface area contributed by atoms with Gasteiger partial charge in [0, 0.05) is 0 Å². The Hall–Kier alpha value is -0.340. The maximum absolute atomic E-state index is 10.5. The molecule has 3 rings (SSSR count). The van der Waals surface area contributed by atoms with Crippen molar-refractivity contribution >= 4 is 0 Å². The minimum absolute atomic E-state index is 0.0393. The predicted octanol–water partition coefficient (Wildman–Crippen LogP) is 3.05. The summed E-state index contributed by atoms with van der Waals surface area (Å²) >= 11 is 0. The first-order valence-corrected chi connectivity index (χ1v) is 6.85. The van der Waals surface area contributed by atoms with E-state index in [1.165, 1.54) is 5.57 Å². The molecule has 2 saturated heterocycles. The molecule has 96 valence electrons. The summed E-state index contributed by atoms with van der Waals surface area (Å²) < 4.78 is 6.29. The summed E-state index contributed by atoms with van der Waals surface area (Å²) in [7, 11) is 0. The molecule has 17 heavy (non-hydrogen) atoms. The lowest BCUT2D eigenvalue weighted by Crippen LogP contribution is -2.55. The molecular weight excluding hydrogens is 212 g/mol. The average Bonchev–Trinajstić information content (AvgIpc) is 2.54. The Morgan fingerprint density at radius 1 is 1.29 bits per heavy atom. The Bertz CT molecular complexity index is 380. The van der Waals surface area contributed by atoms with Gasteiger partial charge in [0.2, 0.25) is 0 Å². The van der Waals surface area contributed by atoms with Gasteiger partial charge in [-0.15, -0.1) is 0 Å². The summed E-state index contributed by atoms with van der Waals surface area (Å²) in [5.41, 5.74) is 0.979. The van der Waals surface area contributed by atoms with Crippen LogP contribution in [0.25, 0.3) is 0 Å². The Morgan fingerprint density at radius 3 is 2.71 bits per heavy atom. The van der Waals surface area contributed by atoms with Gasteiger partial charge in [-0.3, -0.25) is 0 Å². The van der Waals surface area contributed by atoms with Gasteiger partial charge in [0.15, 0.2) is 0 Å². The van der Waals surface area contributed by atoms with E-state index in [-0.39, 0.29) is 17.1 Å². The predicted molar refractivity (Wildman–Crippen MR) is 67.7 cm³/mol. The third-order valence-electron chi connectivity index (χ3n) is 5.19. The molecule has 0 aromatic carbocycles. The van der Waals surface area contributed by atoms with Crippen LogP contribution in [0.1, 0.15) is 53.4 Å². The lowest BCUT2D eigenvalue weighted by molar-refractivity contribution is -0.196. The zero-order valence-corrected chi connectivity index (χ0v) is 11.4. The second kappa shape index (κ2) is 3.16. The van der Waals surface area contributed by atoms with Crippen LogP contribution in [0.15, 0.2) is 11.6 Å². The minimum atomic E-state index is -0.627. The molecule has 4 unspecified atom stereocenters. The number of rotatable bonds is 0. The number of hydrogen-bond donors (Lipinski definition) is 1. The normalized spacial score (nSPS) is 51.9. The van der Waals surface area contributed by atoms with Gasteiger partial charge in [0.05, 0.1) is 17.3 Å². The van der Waals surface area contributed by atoms with Gasteiger partial charge in [-0.2, -0.15) is 0 Å². The molecule has 3 aliphatic rings. The lowest BCUT2D eigenvalue weighted by Gasteiger charge is -2.52. The number of ether oxygens (including phenoxy) is 1. The van der Waals surface area contributed by atoms with E-state index in [2.05, 4.69) is 26.8 Å². The van der Waals surface area contributed by atoms with Crippen molar-refractivity contribution in [3.8, 4) is 0 Å². The first kappa shape index (κ1) is 11.7. The molecule has 2 nitrogen and oxygen atoms in total. The first-order chi connectivity index (χ1) is 7.75. The standard InChI is InChI=1S/C15H24O2/c1-10-7-13(2,3)8-11-9-14(4,16)12-5-6-15(10,11)17-12/h7,11-12,16H,5-6,8-9H2,1-4H3. The molecule has 4 atom stereocenters. The fourth-order valence-electron chi connectivity index (χ4n) is 4.50. The van der Waals surface area contributed by atoms with Crippen molar-refractivity contribution < 1.29 is 9.84 Å². The van der Waals surface area contributed by atoms with E-state index in [9.17, 15) is 5.11 Å². The average molecular weight is 236 g/mol. The SMILES string of the molecule is CC1=CC(C)(C)CC2CC(C)(O)C3CCC12O3. The smallest absolute Gasteiger partial charge is 0.0924 e. The van der Waals surface area contributed by atoms with Crippen molar-refractivity contribution in [3.05, 3.63) is 11.6 Å². The van der Waals surface area contributed by atoms with Crippen LogP contribution in [0.3, 0.4) is 0 Å². The summed E-state index contributed by atoms with van der Waals surface area (Å²) in [6.07, 6.45) is 6.57. The van der Waals surface area contributed by atoms with E-state index in [4.69, 9.17) is 4.74 Å². The van der Waals surface area contributed by atoms with E-state index >= 15 is 0 Å². The maximum atomic E-state index is 10.5. The largest absolute Gasteiger partial charge is 0.387 e. The second-order valence-corrected chi connectivity index (χ2v) is 7.31. The molecule has 1 aliphatic carbocycles. The van der Waals surface area contributed by atoms with Gasteiger partial charge in [-0.1, -0.05) is 19.9 Å². The van der Waals surface area contributed by atoms with Crippen LogP contribution in [-0.4, -0.2) is 22.4 Å². The van der Waals surface area contributed by atoms with Crippen LogP contribution in [0.2, 0.25) is 0 Å². The van der Waals surface area contributed by atoms with Crippen LogP contribution < -0.4 is 0 Å². The third-order valence-corrected chi connectivity index (χ3v) is 5.19. The number of hydrogen-bond acceptors (Lipinski definition) is 2. The highest BCUT2D eigenvalue weighted by Crippen LogP contribution is 2.58. The van der Waals surface area contributed by atoms with E-state index in [1.54, 1.807) is 0 Å². The topological polar surface area (TPSA) is 29.5 Å². The van der Waals surface area contributed by atoms with Crippen molar-refractivity contribution in [3.63, 3.8) is 0 Å². The highest BCUT2D eigenvalue weighted by Gasteiger charge is 2.60. The van der Waals surface area contributed by atoms with Gasteiger partial charge in [-0.25, -0.2) is 0 Å². The number of fused-ring (bicyclic) bond motifs is 1. The van der Waals surface area contributed by atoms with Crippen LogP contribution in [0.5, 0.6) is 0 Å². The third kappa shape index (κ3) is 1.53. The van der Waals surface area contributed by atoms with Crippen molar-refractivity contribution in [2.45, 2.75) is 70.7 Å². The van der Waals surface area contributed by atoms with E-state index in [1.807, 2.05) is 6.92 Å². The molecule has 0 aromatic heterocycles. The molecule has 2 aliphatic heterocycles. The van der Waals surface area contributed by atoms with Crippen molar-refractivity contribution in [2.24, 2.45) is 11.3 Å². The quantitative estimate of drug-likeness (QED) is 0.655. The van der Waals surface area contributed by atoms with Crippen LogP contribution in [0, 0.1) is 11.3 Å². The fourth-order valence-corrected chi connectivity index (χ4v) is 4.50. The van der Waals surface area contributed by atoms with Crippen molar-refractivity contribution in [1.82, 2.24) is 0 Å². The highest BCUT2D eigenvalue weighted by molar-refractivity contribution is 5.29. The molecule has 0 amide bonds. The van der Waals surface area contributed by atoms with Crippen LogP contribution >= 0.6 is 0 Å². The van der Waals surface area contributed by atoms with Gasteiger partial charge < -0.3 is 9.84 Å². The minimum Gasteiger partial charge on any atom is -0.387 e. The first-order valence-electron chi connectivity index (χ1n) is 6.85. The molecule has 0 aromatic rings. The fraction of sp³-hybridized carbons (Fsp3) is 0.867. The van der Waals surface area contributed by atoms with Crippen LogP contribution in [0.4, 0.5) is 0 Å². The van der Waals surface area contributed by atoms with E-state index in [0.717, 1.165) is 25.7 Å². The molecule has 0 radical (unpaired) electrons. The Balaban J connectivity index is 2.04. The zero-order valence-electron chi connectivity index (χ0n) is 11.4. The Kier molecular flexibility index (Phi) is 2.18. The van der Waals surface area contributed by atoms with Crippen LogP contribution in [-0.2, 0) is 4.74 Å². The summed E-state index contributed by atoms with van der Waals surface area (Å²) in [4.78, 5) is 0. The van der Waals surface area contributed by atoms with E-state index in [0.29, 0.717) is 5.92 Å². The van der Waals surface area contributed by atoms with Crippen molar-refractivity contribution in [1.29, 1.82) is 0 Å². The Labute approximate surface area is 104 Å². The second-order valence-electron chi connectivity index (χ2n) is 7.31. The van der Waals surface area contributed by atoms with Gasteiger partial charge in [0.25, 0.3) is 0 Å². The number of aliphatic hydroxyl groups is 1. The Morgan fingerprint density at radius 2 is 2.00 bits per heavy atom. The lowest BCUT2D eigenvalue weighted by atomic mass is 9.62. The molecule has 0 saturated carbocycles. The van der Waals surface area contributed by atoms with Gasteiger partial charge >= 0.3 is 0 Å². The molecular formula is C15H24O2. The summed E-state index contributed by atoms with van der Waals surface area (Å²) in [5.74, 6) is 0.483. The maximum Gasteiger partial charge on any atom is 0.0924 e. The van der Waals surface area contributed by atoms with Gasteiger partial charge in [-0.05, 0) is 56.4 Å². The molecule has 2 heterocycles. The monoisotopic (exact) mass is 236 g/mol. The van der Waals surface area contributed by atoms with E-state index < -0.39 is 5.60 Å². The summed E-state index contributed by atoms with van der Waals surface area (Å²) in [6.45, 7) is 8.75. The summed E-state index contributed by atoms with van der Waals surface area (Å²) in [6, 6.07) is 0. The van der Waals surface area contributed by atoms with Crippen molar-refractivity contribution in [2.75, 3.05) is 0 Å². The zero-order chi connectivity index (χ0) is 12.5. The highest BCUT2D eigenvalue weighted by atomic mass is 16.5. The molecule has 2 bridgehead atoms.